The molecule has 0 saturated carbocycles. The van der Waals surface area contributed by atoms with Gasteiger partial charge in [0.25, 0.3) is 0 Å². The van der Waals surface area contributed by atoms with Crippen molar-refractivity contribution in [1.82, 2.24) is 14.9 Å². The molecule has 1 aliphatic heterocycles. The van der Waals surface area contributed by atoms with Crippen molar-refractivity contribution in [1.29, 1.82) is 0 Å². The van der Waals surface area contributed by atoms with Crippen LogP contribution in [0.3, 0.4) is 0 Å². The Labute approximate surface area is 178 Å². The monoisotopic (exact) mass is 420 g/mol. The predicted octanol–water partition coefficient (Wildman–Crippen LogP) is 4.29. The number of fused-ring (bicyclic) bond motifs is 1. The zero-order valence-electron chi connectivity index (χ0n) is 16.2. The van der Waals surface area contributed by atoms with E-state index in [9.17, 15) is 0 Å². The van der Waals surface area contributed by atoms with Crippen molar-refractivity contribution in [2.75, 3.05) is 44.7 Å². The maximum absolute atomic E-state index is 5.26. The van der Waals surface area contributed by atoms with E-state index >= 15 is 0 Å². The third-order valence-corrected chi connectivity index (χ3v) is 5.05. The van der Waals surface area contributed by atoms with E-state index in [1.165, 1.54) is 0 Å². The lowest BCUT2D eigenvalue weighted by Crippen LogP contribution is -2.46. The quantitative estimate of drug-likeness (QED) is 0.629. The number of anilines is 1. The van der Waals surface area contributed by atoms with Gasteiger partial charge in [0.2, 0.25) is 0 Å². The third-order valence-electron chi connectivity index (χ3n) is 5.05. The molecule has 4 rings (SSSR count). The summed E-state index contributed by atoms with van der Waals surface area (Å²) in [6, 6.07) is 16.2. The molecule has 1 fully saturated rings. The van der Waals surface area contributed by atoms with E-state index in [1.807, 2.05) is 30.3 Å². The van der Waals surface area contributed by atoms with Gasteiger partial charge in [-0.25, -0.2) is 9.97 Å². The highest BCUT2D eigenvalue weighted by Crippen LogP contribution is 2.29. The fourth-order valence-electron chi connectivity index (χ4n) is 3.45. The average molecular weight is 421 g/mol. The third kappa shape index (κ3) is 4.49. The maximum Gasteiger partial charge on any atom is 0.162 e. The van der Waals surface area contributed by atoms with E-state index in [2.05, 4.69) is 34.9 Å². The minimum atomic E-state index is 0. The van der Waals surface area contributed by atoms with Crippen molar-refractivity contribution in [2.24, 2.45) is 0 Å². The summed E-state index contributed by atoms with van der Waals surface area (Å²) < 4.78 is 5.26. The SMILES string of the molecule is CCN1CCN(c2nc(-c3ccc(OC)cc3)nc3ccccc23)CC1.Cl.Cl. The van der Waals surface area contributed by atoms with Gasteiger partial charge in [-0.3, -0.25) is 0 Å². The van der Waals surface area contributed by atoms with Gasteiger partial charge in [0.05, 0.1) is 12.6 Å². The second-order valence-electron chi connectivity index (χ2n) is 6.54. The molecular weight excluding hydrogens is 395 g/mol. The average Bonchev–Trinajstić information content (AvgIpc) is 2.73. The van der Waals surface area contributed by atoms with Crippen molar-refractivity contribution in [2.45, 2.75) is 6.92 Å². The molecule has 2 aromatic carbocycles. The van der Waals surface area contributed by atoms with Crippen molar-refractivity contribution in [3.05, 3.63) is 48.5 Å². The normalized spacial score (nSPS) is 14.3. The van der Waals surface area contributed by atoms with Crippen LogP contribution in [0.25, 0.3) is 22.3 Å². The largest absolute Gasteiger partial charge is 0.497 e. The summed E-state index contributed by atoms with van der Waals surface area (Å²) in [5.41, 5.74) is 1.99. The molecule has 7 heteroatoms. The van der Waals surface area contributed by atoms with E-state index in [0.717, 1.165) is 66.6 Å². The molecule has 5 nitrogen and oxygen atoms in total. The molecule has 0 radical (unpaired) electrons. The molecule has 150 valence electrons. The Kier molecular flexibility index (Phi) is 7.87. The summed E-state index contributed by atoms with van der Waals surface area (Å²) in [5.74, 6) is 2.64. The van der Waals surface area contributed by atoms with Crippen molar-refractivity contribution >= 4 is 41.5 Å². The molecule has 0 N–H and O–H groups in total. The number of piperazine rings is 1. The molecule has 2 heterocycles. The molecule has 0 aliphatic carbocycles. The number of hydrogen-bond donors (Lipinski definition) is 0. The van der Waals surface area contributed by atoms with Crippen LogP contribution in [0.4, 0.5) is 5.82 Å². The molecule has 0 bridgehead atoms. The highest BCUT2D eigenvalue weighted by Gasteiger charge is 2.20. The van der Waals surface area contributed by atoms with Gasteiger partial charge in [-0.1, -0.05) is 19.1 Å². The van der Waals surface area contributed by atoms with Gasteiger partial charge in [-0.05, 0) is 42.9 Å². The first kappa shape index (κ1) is 22.2. The number of benzene rings is 2. The Morgan fingerprint density at radius 3 is 2.21 bits per heavy atom. The molecule has 1 aliphatic rings. The first-order valence-corrected chi connectivity index (χ1v) is 9.17. The molecule has 1 saturated heterocycles. The molecule has 0 amide bonds. The lowest BCUT2D eigenvalue weighted by Gasteiger charge is -2.35. The van der Waals surface area contributed by atoms with E-state index in [1.54, 1.807) is 7.11 Å². The van der Waals surface area contributed by atoms with Gasteiger partial charge in [-0.2, -0.15) is 0 Å². The van der Waals surface area contributed by atoms with Crippen LogP contribution >= 0.6 is 24.8 Å². The van der Waals surface area contributed by atoms with E-state index < -0.39 is 0 Å². The molecule has 1 aromatic heterocycles. The number of nitrogens with zero attached hydrogens (tertiary/aromatic N) is 4. The van der Waals surface area contributed by atoms with Gasteiger partial charge in [0, 0.05) is 37.1 Å². The molecular formula is C21H26Cl2N4O. The number of likely N-dealkylation sites (N-methyl/N-ethyl adjacent to an activating group) is 1. The van der Waals surface area contributed by atoms with Crippen LogP contribution in [0, 0.1) is 0 Å². The first-order chi connectivity index (χ1) is 12.8. The first-order valence-electron chi connectivity index (χ1n) is 9.17. The van der Waals surface area contributed by atoms with Crippen molar-refractivity contribution in [3.8, 4) is 17.1 Å². The van der Waals surface area contributed by atoms with E-state index in [4.69, 9.17) is 14.7 Å². The van der Waals surface area contributed by atoms with Gasteiger partial charge >= 0.3 is 0 Å². The summed E-state index contributed by atoms with van der Waals surface area (Å²) in [5, 5.41) is 1.12. The van der Waals surface area contributed by atoms with Gasteiger partial charge in [0.15, 0.2) is 5.82 Å². The van der Waals surface area contributed by atoms with Crippen LogP contribution in [0.1, 0.15) is 6.92 Å². The second kappa shape index (κ2) is 9.92. The fraction of sp³-hybridized carbons (Fsp3) is 0.333. The highest BCUT2D eigenvalue weighted by molar-refractivity contribution is 5.91. The highest BCUT2D eigenvalue weighted by atomic mass is 35.5. The number of para-hydroxylation sites is 1. The topological polar surface area (TPSA) is 41.5 Å². The summed E-state index contributed by atoms with van der Waals surface area (Å²) in [6.45, 7) is 7.47. The molecule has 0 atom stereocenters. The lowest BCUT2D eigenvalue weighted by molar-refractivity contribution is 0.271. The summed E-state index contributed by atoms with van der Waals surface area (Å²) in [6.07, 6.45) is 0. The van der Waals surface area contributed by atoms with Crippen LogP contribution in [0.5, 0.6) is 5.75 Å². The minimum absolute atomic E-state index is 0. The Morgan fingerprint density at radius 2 is 1.57 bits per heavy atom. The molecule has 0 spiro atoms. The molecule has 3 aromatic rings. The van der Waals surface area contributed by atoms with Gasteiger partial charge in [-0.15, -0.1) is 24.8 Å². The number of ether oxygens (including phenoxy) is 1. The zero-order chi connectivity index (χ0) is 17.9. The maximum atomic E-state index is 5.26. The number of aromatic nitrogens is 2. The molecule has 28 heavy (non-hydrogen) atoms. The number of halogens is 2. The van der Waals surface area contributed by atoms with E-state index in [0.29, 0.717) is 0 Å². The fourth-order valence-corrected chi connectivity index (χ4v) is 3.45. The van der Waals surface area contributed by atoms with Crippen LogP contribution in [-0.4, -0.2) is 54.7 Å². The second-order valence-corrected chi connectivity index (χ2v) is 6.54. The Balaban J connectivity index is 0.00000140. The Bertz CT molecular complexity index is 897. The van der Waals surface area contributed by atoms with Gasteiger partial charge in [0.1, 0.15) is 11.6 Å². The predicted molar refractivity (Wildman–Crippen MR) is 120 cm³/mol. The Hall–Kier alpha value is -2.08. The number of hydrogen-bond acceptors (Lipinski definition) is 5. The summed E-state index contributed by atoms with van der Waals surface area (Å²) in [7, 11) is 1.68. The Morgan fingerprint density at radius 1 is 0.893 bits per heavy atom. The minimum Gasteiger partial charge on any atom is -0.497 e. The smallest absolute Gasteiger partial charge is 0.162 e. The van der Waals surface area contributed by atoms with Crippen LogP contribution < -0.4 is 9.64 Å². The van der Waals surface area contributed by atoms with Gasteiger partial charge < -0.3 is 14.5 Å². The zero-order valence-corrected chi connectivity index (χ0v) is 17.8. The lowest BCUT2D eigenvalue weighted by atomic mass is 10.1. The summed E-state index contributed by atoms with van der Waals surface area (Å²) >= 11 is 0. The molecule has 0 unspecified atom stereocenters. The van der Waals surface area contributed by atoms with E-state index in [-0.39, 0.29) is 24.8 Å². The van der Waals surface area contributed by atoms with Crippen LogP contribution in [0.2, 0.25) is 0 Å². The van der Waals surface area contributed by atoms with Crippen molar-refractivity contribution in [3.63, 3.8) is 0 Å². The number of methoxy groups -OCH3 is 1. The summed E-state index contributed by atoms with van der Waals surface area (Å²) in [4.78, 5) is 14.6. The van der Waals surface area contributed by atoms with Crippen LogP contribution in [-0.2, 0) is 0 Å². The number of rotatable bonds is 4. The van der Waals surface area contributed by atoms with Crippen molar-refractivity contribution < 1.29 is 4.74 Å². The van der Waals surface area contributed by atoms with Crippen LogP contribution in [0.15, 0.2) is 48.5 Å². The standard InChI is InChI=1S/C21H24N4O.2ClH/c1-3-24-12-14-25(15-13-24)21-18-6-4-5-7-19(18)22-20(23-21)16-8-10-17(26-2)11-9-16;;/h4-11H,3,12-15H2,1-2H3;2*1H.